The summed E-state index contributed by atoms with van der Waals surface area (Å²) in [4.78, 5) is 22.7. The summed E-state index contributed by atoms with van der Waals surface area (Å²) in [6.45, 7) is 13.1. The first-order valence-corrected chi connectivity index (χ1v) is 17.6. The molecule has 11 heteroatoms. The topological polar surface area (TPSA) is 148 Å². The van der Waals surface area contributed by atoms with Crippen LogP contribution in [0.1, 0.15) is 89.6 Å². The van der Waals surface area contributed by atoms with E-state index in [1.54, 1.807) is 18.2 Å². The summed E-state index contributed by atoms with van der Waals surface area (Å²) in [6.07, 6.45) is 4.31. The van der Waals surface area contributed by atoms with Crippen molar-refractivity contribution in [2.24, 2.45) is 5.92 Å². The molecule has 2 aromatic carbocycles. The van der Waals surface area contributed by atoms with Gasteiger partial charge in [-0.05, 0) is 76.1 Å². The number of hydrogen-bond donors (Lipinski definition) is 5. The zero-order valence-corrected chi connectivity index (χ0v) is 28.6. The van der Waals surface area contributed by atoms with E-state index < -0.39 is 28.1 Å². The number of aliphatic carboxylic acids is 1. The molecule has 2 aromatic rings. The van der Waals surface area contributed by atoms with Gasteiger partial charge in [-0.25, -0.2) is 8.42 Å². The normalized spacial score (nSPS) is 15.9. The molecule has 0 aliphatic carbocycles. The lowest BCUT2D eigenvalue weighted by Crippen LogP contribution is -2.52. The molecular weight excluding hydrogens is 592 g/mol. The van der Waals surface area contributed by atoms with Crippen LogP contribution in [0.3, 0.4) is 0 Å². The van der Waals surface area contributed by atoms with Gasteiger partial charge in [0.25, 0.3) is 11.9 Å². The molecule has 10 nitrogen and oxygen atoms in total. The van der Waals surface area contributed by atoms with Crippen LogP contribution in [0.15, 0.2) is 48.5 Å². The summed E-state index contributed by atoms with van der Waals surface area (Å²) in [5.41, 5.74) is 2.38. The van der Waals surface area contributed by atoms with Crippen LogP contribution in [0, 0.1) is 5.92 Å². The van der Waals surface area contributed by atoms with Crippen LogP contribution in [0.25, 0.3) is 0 Å². The molecule has 3 rings (SSSR count). The number of amides is 1. The van der Waals surface area contributed by atoms with Crippen LogP contribution < -0.4 is 20.3 Å². The molecule has 2 atom stereocenters. The fourth-order valence-corrected chi connectivity index (χ4v) is 6.86. The second-order valence-corrected chi connectivity index (χ2v) is 14.8. The van der Waals surface area contributed by atoms with Gasteiger partial charge in [-0.3, -0.25) is 13.9 Å². The van der Waals surface area contributed by atoms with Crippen molar-refractivity contribution in [3.05, 3.63) is 59.7 Å². The van der Waals surface area contributed by atoms with E-state index in [1.807, 2.05) is 37.3 Å². The van der Waals surface area contributed by atoms with E-state index in [0.717, 1.165) is 38.2 Å². The van der Waals surface area contributed by atoms with Crippen molar-refractivity contribution in [1.82, 2.24) is 10.6 Å². The molecule has 1 amide bonds. The summed E-state index contributed by atoms with van der Waals surface area (Å²) in [7, 11) is -3.44. The monoisotopic (exact) mass is 646 g/mol. The van der Waals surface area contributed by atoms with Crippen LogP contribution >= 0.6 is 0 Å². The molecule has 1 aliphatic heterocycles. The predicted octanol–water partition coefficient (Wildman–Crippen LogP) is 5.04. The molecular formula is C34H54N4O6S. The fourth-order valence-electron chi connectivity index (χ4n) is 5.24. The van der Waals surface area contributed by atoms with E-state index >= 15 is 0 Å². The lowest BCUT2D eigenvalue weighted by molar-refractivity contribution is -0.134. The Kier molecular flexibility index (Phi) is 15.3. The van der Waals surface area contributed by atoms with Gasteiger partial charge in [-0.1, -0.05) is 57.0 Å². The lowest BCUT2D eigenvalue weighted by Gasteiger charge is -2.31. The highest BCUT2D eigenvalue weighted by Gasteiger charge is 2.29. The smallest absolute Gasteiger partial charge is 0.300 e. The third kappa shape index (κ3) is 13.8. The Morgan fingerprint density at radius 3 is 2.33 bits per heavy atom. The van der Waals surface area contributed by atoms with Gasteiger partial charge in [0, 0.05) is 43.3 Å². The number of hydrogen-bond acceptors (Lipinski definition) is 7. The number of nitrogens with one attached hydrogen (secondary N) is 3. The Balaban J connectivity index is 0.00000166. The average molecular weight is 647 g/mol. The highest BCUT2D eigenvalue weighted by atomic mass is 32.2. The van der Waals surface area contributed by atoms with Gasteiger partial charge in [0.15, 0.2) is 0 Å². The van der Waals surface area contributed by atoms with Crippen molar-refractivity contribution in [1.29, 1.82) is 0 Å². The van der Waals surface area contributed by atoms with Crippen LogP contribution in [-0.2, 0) is 21.2 Å². The summed E-state index contributed by atoms with van der Waals surface area (Å²) >= 11 is 0. The minimum Gasteiger partial charge on any atom is -0.481 e. The molecule has 0 radical (unpaired) electrons. The van der Waals surface area contributed by atoms with Gasteiger partial charge >= 0.3 is 0 Å². The Labute approximate surface area is 270 Å². The van der Waals surface area contributed by atoms with Gasteiger partial charge in [-0.15, -0.1) is 0 Å². The van der Waals surface area contributed by atoms with Crippen LogP contribution in [-0.4, -0.2) is 73.6 Å². The molecule has 1 fully saturated rings. The Hall–Kier alpha value is -3.15. The SMILES string of the molecule is CC(=O)O.CCNc1cc(C(=O)N[C@@H](Cc2ccccc2)[C@H](O)CNC(C)(C)CCCC(C)C)cc(N2CCCCS2(=O)=O)c1. The van der Waals surface area contributed by atoms with Gasteiger partial charge in [0.2, 0.25) is 10.0 Å². The number of carbonyl (C=O) groups is 2. The van der Waals surface area contributed by atoms with Gasteiger partial charge in [0.1, 0.15) is 0 Å². The standard InChI is InChI=1S/C32H50N4O4S.C2H4O2/c1-6-33-27-20-26(21-28(22-27)36-17-10-11-18-41(36,39)40)31(38)35-29(19-25-14-8-7-9-15-25)30(37)23-34-32(4,5)16-12-13-24(2)3;1-2(3)4/h7-9,14-15,20-22,24,29-30,33-34,37H,6,10-13,16-19,23H2,1-5H3,(H,35,38);1H3,(H,3,4)/t29-,30+;/m0./s1. The van der Waals surface area contributed by atoms with Crippen LogP contribution in [0.2, 0.25) is 0 Å². The highest BCUT2D eigenvalue weighted by molar-refractivity contribution is 7.92. The Bertz CT molecular complexity index is 1310. The van der Waals surface area contributed by atoms with Gasteiger partial charge in [0.05, 0.1) is 23.6 Å². The number of carboxylic acids is 1. The van der Waals surface area contributed by atoms with E-state index in [1.165, 1.54) is 4.31 Å². The minimum absolute atomic E-state index is 0.103. The number of sulfonamides is 1. The lowest BCUT2D eigenvalue weighted by atomic mass is 9.93. The Morgan fingerprint density at radius 2 is 1.73 bits per heavy atom. The highest BCUT2D eigenvalue weighted by Crippen LogP contribution is 2.28. The predicted molar refractivity (Wildman–Crippen MR) is 182 cm³/mol. The second kappa shape index (κ2) is 18.1. The van der Waals surface area contributed by atoms with Gasteiger partial charge < -0.3 is 26.2 Å². The first kappa shape index (κ1) is 38.0. The zero-order valence-electron chi connectivity index (χ0n) is 27.8. The van der Waals surface area contributed by atoms with E-state index in [2.05, 4.69) is 43.6 Å². The first-order valence-electron chi connectivity index (χ1n) is 16.0. The fraction of sp³-hybridized carbons (Fsp3) is 0.588. The van der Waals surface area contributed by atoms with Gasteiger partial charge in [-0.2, -0.15) is 0 Å². The number of aliphatic hydroxyl groups excluding tert-OH is 1. The number of nitrogens with zero attached hydrogens (tertiary/aromatic N) is 1. The molecule has 0 saturated carbocycles. The zero-order chi connectivity index (χ0) is 33.6. The summed E-state index contributed by atoms with van der Waals surface area (Å²) in [5, 5.41) is 28.6. The van der Waals surface area contributed by atoms with E-state index in [-0.39, 0.29) is 17.2 Å². The molecule has 1 saturated heterocycles. The van der Waals surface area contributed by atoms with Crippen molar-refractivity contribution in [2.75, 3.05) is 35.0 Å². The van der Waals surface area contributed by atoms with Crippen LogP contribution in [0.5, 0.6) is 0 Å². The molecule has 1 heterocycles. The second-order valence-electron chi connectivity index (χ2n) is 12.8. The maximum atomic E-state index is 13.7. The van der Waals surface area contributed by atoms with E-state index in [4.69, 9.17) is 9.90 Å². The van der Waals surface area contributed by atoms with E-state index in [9.17, 15) is 18.3 Å². The maximum absolute atomic E-state index is 13.7. The quantitative estimate of drug-likeness (QED) is 0.181. The molecule has 0 spiro atoms. The van der Waals surface area contributed by atoms with Crippen molar-refractivity contribution in [2.45, 2.75) is 97.8 Å². The molecule has 1 aliphatic rings. The summed E-state index contributed by atoms with van der Waals surface area (Å²) in [6, 6.07) is 14.4. The number of benzene rings is 2. The minimum atomic E-state index is -3.44. The third-order valence-electron chi connectivity index (χ3n) is 7.65. The largest absolute Gasteiger partial charge is 0.481 e. The number of carboxylic acid groups (broad SMARTS) is 1. The summed E-state index contributed by atoms with van der Waals surface area (Å²) in [5.74, 6) is -0.424. The first-order chi connectivity index (χ1) is 21.1. The molecule has 0 unspecified atom stereocenters. The van der Waals surface area contributed by atoms with Crippen molar-refractivity contribution >= 4 is 33.3 Å². The summed E-state index contributed by atoms with van der Waals surface area (Å²) < 4.78 is 27.1. The molecule has 5 N–H and O–H groups in total. The van der Waals surface area contributed by atoms with Crippen molar-refractivity contribution in [3.63, 3.8) is 0 Å². The third-order valence-corrected chi connectivity index (χ3v) is 9.52. The number of rotatable bonds is 15. The number of β-amino-alcohol motifs (C(OH)–C–C–N with tert-alkyl or cyclic N) is 1. The molecule has 45 heavy (non-hydrogen) atoms. The Morgan fingerprint density at radius 1 is 1.07 bits per heavy atom. The van der Waals surface area contributed by atoms with E-state index in [0.29, 0.717) is 55.3 Å². The number of carbonyl (C=O) groups excluding carboxylic acids is 1. The molecule has 0 aromatic heterocycles. The maximum Gasteiger partial charge on any atom is 0.300 e. The van der Waals surface area contributed by atoms with Crippen LogP contribution in [0.4, 0.5) is 11.4 Å². The number of aliphatic hydroxyl groups is 1. The van der Waals surface area contributed by atoms with Crippen molar-refractivity contribution < 1.29 is 28.2 Å². The molecule has 252 valence electrons. The van der Waals surface area contributed by atoms with Crippen molar-refractivity contribution in [3.8, 4) is 0 Å². The molecule has 0 bridgehead atoms. The number of anilines is 2. The average Bonchev–Trinajstić information content (AvgIpc) is 2.95.